The summed E-state index contributed by atoms with van der Waals surface area (Å²) in [5, 5.41) is 3.15. The van der Waals surface area contributed by atoms with E-state index >= 15 is 0 Å². The molecule has 2 rings (SSSR count). The maximum atomic E-state index is 4.05. The van der Waals surface area contributed by atoms with E-state index in [1.54, 1.807) is 6.20 Å². The van der Waals surface area contributed by atoms with Crippen LogP contribution < -0.4 is 5.32 Å². The standard InChI is InChI=1S/C12H15N3/c1-10-7-11(8-13-2)3-4-12(10)15-6-5-14-9-15/h3-7,9,13H,8H2,1-2H3. The van der Waals surface area contributed by atoms with Crippen LogP contribution in [0, 0.1) is 6.92 Å². The van der Waals surface area contributed by atoms with Gasteiger partial charge in [-0.2, -0.15) is 0 Å². The third-order valence-corrected chi connectivity index (χ3v) is 2.42. The topological polar surface area (TPSA) is 29.9 Å². The van der Waals surface area contributed by atoms with Crippen LogP contribution >= 0.6 is 0 Å². The number of hydrogen-bond donors (Lipinski definition) is 1. The fraction of sp³-hybridized carbons (Fsp3) is 0.250. The van der Waals surface area contributed by atoms with Crippen molar-refractivity contribution in [3.63, 3.8) is 0 Å². The Morgan fingerprint density at radius 1 is 1.40 bits per heavy atom. The van der Waals surface area contributed by atoms with Crippen LogP contribution in [0.2, 0.25) is 0 Å². The van der Waals surface area contributed by atoms with E-state index in [4.69, 9.17) is 0 Å². The Hall–Kier alpha value is -1.61. The number of rotatable bonds is 3. The first-order valence-corrected chi connectivity index (χ1v) is 5.03. The molecule has 0 saturated carbocycles. The molecule has 1 N–H and O–H groups in total. The summed E-state index contributed by atoms with van der Waals surface area (Å²) in [7, 11) is 1.96. The molecular formula is C12H15N3. The second-order valence-corrected chi connectivity index (χ2v) is 3.62. The van der Waals surface area contributed by atoms with E-state index in [1.807, 2.05) is 24.1 Å². The van der Waals surface area contributed by atoms with Crippen molar-refractivity contribution in [3.05, 3.63) is 48.0 Å². The molecule has 3 nitrogen and oxygen atoms in total. The minimum absolute atomic E-state index is 0.908. The molecule has 1 aromatic heterocycles. The van der Waals surface area contributed by atoms with E-state index in [9.17, 15) is 0 Å². The average Bonchev–Trinajstić information content (AvgIpc) is 2.71. The van der Waals surface area contributed by atoms with Gasteiger partial charge >= 0.3 is 0 Å². The summed E-state index contributed by atoms with van der Waals surface area (Å²) in [6.07, 6.45) is 5.57. The highest BCUT2D eigenvalue weighted by Crippen LogP contribution is 2.15. The van der Waals surface area contributed by atoms with Gasteiger partial charge < -0.3 is 9.88 Å². The number of nitrogens with one attached hydrogen (secondary N) is 1. The van der Waals surface area contributed by atoms with Crippen molar-refractivity contribution in [2.24, 2.45) is 0 Å². The zero-order valence-electron chi connectivity index (χ0n) is 9.07. The van der Waals surface area contributed by atoms with E-state index in [0.29, 0.717) is 0 Å². The number of hydrogen-bond acceptors (Lipinski definition) is 2. The number of aryl methyl sites for hydroxylation is 1. The van der Waals surface area contributed by atoms with Crippen molar-refractivity contribution in [3.8, 4) is 5.69 Å². The maximum absolute atomic E-state index is 4.05. The fourth-order valence-electron chi connectivity index (χ4n) is 1.72. The van der Waals surface area contributed by atoms with Crippen LogP contribution in [0.3, 0.4) is 0 Å². The lowest BCUT2D eigenvalue weighted by molar-refractivity contribution is 0.816. The van der Waals surface area contributed by atoms with Crippen molar-refractivity contribution >= 4 is 0 Å². The van der Waals surface area contributed by atoms with Crippen LogP contribution in [0.4, 0.5) is 0 Å². The molecule has 0 fully saturated rings. The maximum Gasteiger partial charge on any atom is 0.0991 e. The molecule has 2 aromatic rings. The van der Waals surface area contributed by atoms with Gasteiger partial charge in [0.2, 0.25) is 0 Å². The van der Waals surface area contributed by atoms with Crippen LogP contribution in [0.15, 0.2) is 36.9 Å². The summed E-state index contributed by atoms with van der Waals surface area (Å²) < 4.78 is 2.03. The molecular weight excluding hydrogens is 186 g/mol. The van der Waals surface area contributed by atoms with E-state index < -0.39 is 0 Å². The molecule has 0 amide bonds. The minimum atomic E-state index is 0.908. The Morgan fingerprint density at radius 2 is 2.27 bits per heavy atom. The van der Waals surface area contributed by atoms with Crippen molar-refractivity contribution < 1.29 is 0 Å². The quantitative estimate of drug-likeness (QED) is 0.822. The Labute approximate surface area is 89.8 Å². The van der Waals surface area contributed by atoms with E-state index in [0.717, 1.165) is 6.54 Å². The molecule has 15 heavy (non-hydrogen) atoms. The third kappa shape index (κ3) is 2.07. The lowest BCUT2D eigenvalue weighted by Crippen LogP contribution is -2.05. The van der Waals surface area contributed by atoms with Gasteiger partial charge in [0.15, 0.2) is 0 Å². The molecule has 0 saturated heterocycles. The molecule has 0 aliphatic rings. The smallest absolute Gasteiger partial charge is 0.0991 e. The Balaban J connectivity index is 2.35. The van der Waals surface area contributed by atoms with Crippen LogP contribution in [0.5, 0.6) is 0 Å². The molecule has 0 atom stereocenters. The van der Waals surface area contributed by atoms with Gasteiger partial charge in [-0.25, -0.2) is 4.98 Å². The van der Waals surface area contributed by atoms with Gasteiger partial charge in [0, 0.05) is 24.6 Å². The zero-order valence-corrected chi connectivity index (χ0v) is 9.07. The molecule has 0 unspecified atom stereocenters. The largest absolute Gasteiger partial charge is 0.316 e. The first kappa shape index (κ1) is 9.93. The molecule has 0 aliphatic carbocycles. The van der Waals surface area contributed by atoms with Gasteiger partial charge in [-0.3, -0.25) is 0 Å². The number of nitrogens with zero attached hydrogens (tertiary/aromatic N) is 2. The fourth-order valence-corrected chi connectivity index (χ4v) is 1.72. The van der Waals surface area contributed by atoms with E-state index in [1.165, 1.54) is 16.8 Å². The Kier molecular flexibility index (Phi) is 2.83. The molecule has 1 aromatic carbocycles. The first-order valence-electron chi connectivity index (χ1n) is 5.03. The van der Waals surface area contributed by atoms with Crippen LogP contribution in [0.1, 0.15) is 11.1 Å². The Morgan fingerprint density at radius 3 is 2.87 bits per heavy atom. The summed E-state index contributed by atoms with van der Waals surface area (Å²) in [6.45, 7) is 3.03. The van der Waals surface area contributed by atoms with Gasteiger partial charge in [0.1, 0.15) is 0 Å². The van der Waals surface area contributed by atoms with Crippen molar-refractivity contribution in [1.29, 1.82) is 0 Å². The highest BCUT2D eigenvalue weighted by atomic mass is 15.0. The first-order chi connectivity index (χ1) is 7.31. The monoisotopic (exact) mass is 201 g/mol. The second kappa shape index (κ2) is 4.28. The molecule has 0 radical (unpaired) electrons. The molecule has 3 heteroatoms. The van der Waals surface area contributed by atoms with E-state index in [-0.39, 0.29) is 0 Å². The van der Waals surface area contributed by atoms with E-state index in [2.05, 4.69) is 35.4 Å². The highest BCUT2D eigenvalue weighted by Gasteiger charge is 2.01. The summed E-state index contributed by atoms with van der Waals surface area (Å²) in [5.41, 5.74) is 3.76. The number of benzene rings is 1. The predicted molar refractivity (Wildman–Crippen MR) is 61.1 cm³/mol. The molecule has 1 heterocycles. The summed E-state index contributed by atoms with van der Waals surface area (Å²) in [6, 6.07) is 6.47. The lowest BCUT2D eigenvalue weighted by atomic mass is 10.1. The zero-order chi connectivity index (χ0) is 10.7. The SMILES string of the molecule is CNCc1ccc(-n2ccnc2)c(C)c1. The lowest BCUT2D eigenvalue weighted by Gasteiger charge is -2.08. The summed E-state index contributed by atoms with van der Waals surface area (Å²) in [4.78, 5) is 4.05. The van der Waals surface area contributed by atoms with Crippen molar-refractivity contribution in [2.45, 2.75) is 13.5 Å². The average molecular weight is 201 g/mol. The second-order valence-electron chi connectivity index (χ2n) is 3.62. The molecule has 0 bridgehead atoms. The van der Waals surface area contributed by atoms with Gasteiger partial charge in [-0.15, -0.1) is 0 Å². The third-order valence-electron chi connectivity index (χ3n) is 2.42. The summed E-state index contributed by atoms with van der Waals surface area (Å²) >= 11 is 0. The molecule has 0 spiro atoms. The van der Waals surface area contributed by atoms with Crippen molar-refractivity contribution in [1.82, 2.24) is 14.9 Å². The molecule has 0 aliphatic heterocycles. The number of aromatic nitrogens is 2. The highest BCUT2D eigenvalue weighted by molar-refractivity contribution is 5.42. The van der Waals surface area contributed by atoms with Gasteiger partial charge in [0.25, 0.3) is 0 Å². The van der Waals surface area contributed by atoms with Crippen LogP contribution in [0.25, 0.3) is 5.69 Å². The van der Waals surface area contributed by atoms with Crippen LogP contribution in [-0.4, -0.2) is 16.6 Å². The normalized spacial score (nSPS) is 10.5. The van der Waals surface area contributed by atoms with Crippen LogP contribution in [-0.2, 0) is 6.54 Å². The van der Waals surface area contributed by atoms with Crippen molar-refractivity contribution in [2.75, 3.05) is 7.05 Å². The van der Waals surface area contributed by atoms with Gasteiger partial charge in [-0.1, -0.05) is 12.1 Å². The Bertz CT molecular complexity index is 432. The van der Waals surface area contributed by atoms with Gasteiger partial charge in [0.05, 0.1) is 6.33 Å². The van der Waals surface area contributed by atoms with Gasteiger partial charge in [-0.05, 0) is 31.2 Å². The minimum Gasteiger partial charge on any atom is -0.316 e. The molecule has 78 valence electrons. The summed E-state index contributed by atoms with van der Waals surface area (Å²) in [5.74, 6) is 0. The predicted octanol–water partition coefficient (Wildman–Crippen LogP) is 1.90. The number of imidazole rings is 1.